The lowest BCUT2D eigenvalue weighted by atomic mass is 10.00. The summed E-state index contributed by atoms with van der Waals surface area (Å²) in [7, 11) is 1.64. The van der Waals surface area contributed by atoms with Crippen LogP contribution in [0.15, 0.2) is 48.5 Å². The van der Waals surface area contributed by atoms with Crippen molar-refractivity contribution in [3.8, 4) is 16.9 Å². The first kappa shape index (κ1) is 19.6. The molecule has 1 atom stereocenters. The van der Waals surface area contributed by atoms with E-state index in [0.29, 0.717) is 12.1 Å². The van der Waals surface area contributed by atoms with Crippen LogP contribution in [-0.4, -0.2) is 35.9 Å². The van der Waals surface area contributed by atoms with E-state index in [9.17, 15) is 9.90 Å². The summed E-state index contributed by atoms with van der Waals surface area (Å²) < 4.78 is 5.75. The molecule has 6 nitrogen and oxygen atoms in total. The molecule has 0 aliphatic rings. The number of rotatable bonds is 6. The lowest BCUT2D eigenvalue weighted by Gasteiger charge is -2.16. The van der Waals surface area contributed by atoms with E-state index in [2.05, 4.69) is 10.6 Å². The first-order valence-corrected chi connectivity index (χ1v) is 9.30. The molecular formula is C22H25N3O3. The smallest absolute Gasteiger partial charge is 0.319 e. The van der Waals surface area contributed by atoms with Gasteiger partial charge < -0.3 is 20.5 Å². The van der Waals surface area contributed by atoms with Crippen molar-refractivity contribution in [2.75, 3.05) is 19.0 Å². The molecule has 0 saturated heterocycles. The second kappa shape index (κ2) is 8.71. The molecule has 1 heterocycles. The zero-order chi connectivity index (χ0) is 20.1. The molecule has 0 unspecified atom stereocenters. The van der Waals surface area contributed by atoms with Crippen LogP contribution in [0, 0.1) is 6.92 Å². The van der Waals surface area contributed by atoms with Gasteiger partial charge in [-0.1, -0.05) is 37.3 Å². The summed E-state index contributed by atoms with van der Waals surface area (Å²) in [6.07, 6.45) is 0.0313. The first-order chi connectivity index (χ1) is 13.5. The lowest BCUT2D eigenvalue weighted by Crippen LogP contribution is -2.34. The van der Waals surface area contributed by atoms with Gasteiger partial charge >= 0.3 is 6.03 Å². The highest BCUT2D eigenvalue weighted by Gasteiger charge is 2.16. The third-order valence-electron chi connectivity index (χ3n) is 4.61. The van der Waals surface area contributed by atoms with Crippen molar-refractivity contribution in [2.24, 2.45) is 0 Å². The molecular weight excluding hydrogens is 354 g/mol. The van der Waals surface area contributed by atoms with Gasteiger partial charge in [0.15, 0.2) is 0 Å². The van der Waals surface area contributed by atoms with E-state index in [1.807, 2.05) is 56.3 Å². The number of nitrogens with zero attached hydrogens (tertiary/aromatic N) is 1. The van der Waals surface area contributed by atoms with Crippen molar-refractivity contribution in [3.63, 3.8) is 0 Å². The minimum atomic E-state index is -0.553. The number of urea groups is 1. The van der Waals surface area contributed by atoms with Crippen molar-refractivity contribution >= 4 is 22.6 Å². The Morgan fingerprint density at radius 3 is 2.64 bits per heavy atom. The minimum absolute atomic E-state index is 0.206. The third kappa shape index (κ3) is 4.23. The molecule has 146 valence electrons. The van der Waals surface area contributed by atoms with Gasteiger partial charge in [-0.25, -0.2) is 4.79 Å². The Hall–Kier alpha value is -3.12. The molecule has 2 amide bonds. The maximum Gasteiger partial charge on any atom is 0.319 e. The van der Waals surface area contributed by atoms with E-state index in [1.54, 1.807) is 13.2 Å². The molecule has 0 radical (unpaired) electrons. The monoisotopic (exact) mass is 379 g/mol. The summed E-state index contributed by atoms with van der Waals surface area (Å²) in [6.45, 7) is 4.03. The predicted octanol–water partition coefficient (Wildman–Crippen LogP) is 4.11. The Kier molecular flexibility index (Phi) is 6.11. The molecule has 0 bridgehead atoms. The quantitative estimate of drug-likeness (QED) is 0.602. The summed E-state index contributed by atoms with van der Waals surface area (Å²) >= 11 is 0. The number of aliphatic hydroxyl groups excluding tert-OH is 1. The Bertz CT molecular complexity index is 974. The number of fused-ring (bicyclic) bond motifs is 1. The van der Waals surface area contributed by atoms with Crippen molar-refractivity contribution in [1.82, 2.24) is 10.3 Å². The Balaban J connectivity index is 1.96. The number of nitrogens with one attached hydrogen (secondary N) is 2. The van der Waals surface area contributed by atoms with Gasteiger partial charge in [0.25, 0.3) is 0 Å². The van der Waals surface area contributed by atoms with E-state index in [1.165, 1.54) is 0 Å². The highest BCUT2D eigenvalue weighted by molar-refractivity contribution is 5.98. The summed E-state index contributed by atoms with van der Waals surface area (Å²) in [4.78, 5) is 16.8. The molecule has 2 aromatic carbocycles. The molecule has 6 heteroatoms. The molecule has 1 aromatic heterocycles. The van der Waals surface area contributed by atoms with Crippen LogP contribution in [-0.2, 0) is 0 Å². The SMILES string of the molecule is CC[C@@H](O)CNC(=O)Nc1ccc2nc(C)c(-c3ccccc3)c(OC)c2c1. The zero-order valence-corrected chi connectivity index (χ0v) is 16.3. The van der Waals surface area contributed by atoms with Gasteiger partial charge in [0.05, 0.1) is 18.7 Å². The van der Waals surface area contributed by atoms with Gasteiger partial charge in [0.1, 0.15) is 5.75 Å². The number of pyridine rings is 1. The van der Waals surface area contributed by atoms with Crippen molar-refractivity contribution in [1.29, 1.82) is 0 Å². The van der Waals surface area contributed by atoms with Gasteiger partial charge in [-0.15, -0.1) is 0 Å². The molecule has 3 aromatic rings. The minimum Gasteiger partial charge on any atom is -0.495 e. The van der Waals surface area contributed by atoms with Gasteiger partial charge in [-0.05, 0) is 37.1 Å². The van der Waals surface area contributed by atoms with Crippen LogP contribution in [0.5, 0.6) is 5.75 Å². The zero-order valence-electron chi connectivity index (χ0n) is 16.3. The third-order valence-corrected chi connectivity index (χ3v) is 4.61. The van der Waals surface area contributed by atoms with Crippen molar-refractivity contribution < 1.29 is 14.6 Å². The number of methoxy groups -OCH3 is 1. The Morgan fingerprint density at radius 2 is 1.96 bits per heavy atom. The number of aryl methyl sites for hydroxylation is 1. The molecule has 0 aliphatic heterocycles. The fraction of sp³-hybridized carbons (Fsp3) is 0.273. The molecule has 28 heavy (non-hydrogen) atoms. The average molecular weight is 379 g/mol. The van der Waals surface area contributed by atoms with Gasteiger partial charge in [-0.3, -0.25) is 4.98 Å². The highest BCUT2D eigenvalue weighted by Crippen LogP contribution is 2.38. The standard InChI is InChI=1S/C22H25N3O3/c1-4-17(26)13-23-22(27)25-16-10-11-19-18(12-16)21(28-3)20(14(2)24-19)15-8-6-5-7-9-15/h5-12,17,26H,4,13H2,1-3H3,(H2,23,25,27)/t17-/m1/s1. The number of ether oxygens (including phenoxy) is 1. The number of anilines is 1. The van der Waals surface area contributed by atoms with Gasteiger partial charge in [-0.2, -0.15) is 0 Å². The maximum absolute atomic E-state index is 12.1. The first-order valence-electron chi connectivity index (χ1n) is 9.30. The summed E-state index contributed by atoms with van der Waals surface area (Å²) in [6, 6.07) is 15.1. The normalized spacial score (nSPS) is 11.9. The average Bonchev–Trinajstić information content (AvgIpc) is 2.71. The number of hydrogen-bond donors (Lipinski definition) is 3. The number of amides is 2. The van der Waals surface area contributed by atoms with Gasteiger partial charge in [0, 0.05) is 28.9 Å². The number of carbonyl (C=O) groups excluding carboxylic acids is 1. The van der Waals surface area contributed by atoms with Crippen LogP contribution >= 0.6 is 0 Å². The summed E-state index contributed by atoms with van der Waals surface area (Å²) in [5, 5.41) is 15.9. The van der Waals surface area contributed by atoms with Crippen LogP contribution in [0.2, 0.25) is 0 Å². The lowest BCUT2D eigenvalue weighted by molar-refractivity contribution is 0.168. The van der Waals surface area contributed by atoms with Crippen molar-refractivity contribution in [3.05, 3.63) is 54.2 Å². The second-order valence-electron chi connectivity index (χ2n) is 6.60. The van der Waals surface area contributed by atoms with Crippen LogP contribution in [0.3, 0.4) is 0 Å². The molecule has 3 N–H and O–H groups in total. The number of aromatic nitrogens is 1. The fourth-order valence-electron chi connectivity index (χ4n) is 3.12. The summed E-state index contributed by atoms with van der Waals surface area (Å²) in [5.74, 6) is 0.721. The number of aliphatic hydroxyl groups is 1. The van der Waals surface area contributed by atoms with Gasteiger partial charge in [0.2, 0.25) is 0 Å². The molecule has 3 rings (SSSR count). The number of benzene rings is 2. The number of hydrogen-bond acceptors (Lipinski definition) is 4. The van der Waals surface area contributed by atoms with E-state index in [-0.39, 0.29) is 12.6 Å². The Labute approximate surface area is 164 Å². The topological polar surface area (TPSA) is 83.5 Å². The second-order valence-corrected chi connectivity index (χ2v) is 6.60. The number of carbonyl (C=O) groups is 1. The van der Waals surface area contributed by atoms with Crippen LogP contribution in [0.25, 0.3) is 22.0 Å². The van der Waals surface area contributed by atoms with E-state index in [0.717, 1.165) is 33.5 Å². The maximum atomic E-state index is 12.1. The Morgan fingerprint density at radius 1 is 1.21 bits per heavy atom. The van der Waals surface area contributed by atoms with Crippen molar-refractivity contribution in [2.45, 2.75) is 26.4 Å². The predicted molar refractivity (Wildman–Crippen MR) is 112 cm³/mol. The van der Waals surface area contributed by atoms with E-state index in [4.69, 9.17) is 9.72 Å². The van der Waals surface area contributed by atoms with Crippen LogP contribution < -0.4 is 15.4 Å². The largest absolute Gasteiger partial charge is 0.495 e. The van der Waals surface area contributed by atoms with Crippen LogP contribution in [0.1, 0.15) is 19.0 Å². The fourth-order valence-corrected chi connectivity index (χ4v) is 3.12. The summed E-state index contributed by atoms with van der Waals surface area (Å²) in [5.41, 5.74) is 4.25. The van der Waals surface area contributed by atoms with Crippen LogP contribution in [0.4, 0.5) is 10.5 Å². The molecule has 0 spiro atoms. The molecule has 0 saturated carbocycles. The molecule has 0 fully saturated rings. The van der Waals surface area contributed by atoms with E-state index < -0.39 is 6.10 Å². The highest BCUT2D eigenvalue weighted by atomic mass is 16.5. The van der Waals surface area contributed by atoms with E-state index >= 15 is 0 Å². The molecule has 0 aliphatic carbocycles.